The number of piperazine rings is 1. The van der Waals surface area contributed by atoms with E-state index >= 15 is 0 Å². The Bertz CT molecular complexity index is 986. The fraction of sp³-hybridized carbons (Fsp3) is 0.381. The Morgan fingerprint density at radius 3 is 2.42 bits per heavy atom. The molecular formula is C21H22F3N3O4. The summed E-state index contributed by atoms with van der Waals surface area (Å²) < 4.78 is 44.3. The number of carbonyl (C=O) groups excluding carboxylic acids is 1. The normalized spacial score (nSPS) is 14.5. The van der Waals surface area contributed by atoms with Gasteiger partial charge in [0.25, 0.3) is 11.6 Å². The van der Waals surface area contributed by atoms with Crippen molar-refractivity contribution in [3.8, 4) is 5.75 Å². The molecule has 2 aromatic carbocycles. The molecule has 0 atom stereocenters. The van der Waals surface area contributed by atoms with Gasteiger partial charge in [0.1, 0.15) is 11.4 Å². The van der Waals surface area contributed by atoms with Crippen LogP contribution < -0.4 is 9.64 Å². The summed E-state index contributed by atoms with van der Waals surface area (Å²) >= 11 is 0. The highest BCUT2D eigenvalue weighted by molar-refractivity contribution is 5.78. The third-order valence-corrected chi connectivity index (χ3v) is 5.38. The smallest absolute Gasteiger partial charge is 0.416 e. The van der Waals surface area contributed by atoms with E-state index in [0.717, 1.165) is 23.3 Å². The number of nitrogens with zero attached hydrogens (tertiary/aromatic N) is 3. The average Bonchev–Trinajstić information content (AvgIpc) is 2.73. The van der Waals surface area contributed by atoms with Gasteiger partial charge in [0.05, 0.1) is 10.5 Å². The molecule has 0 aromatic heterocycles. The molecule has 0 N–H and O–H groups in total. The molecule has 0 bridgehead atoms. The minimum atomic E-state index is -4.66. The molecule has 1 heterocycles. The Kier molecular flexibility index (Phi) is 6.37. The summed E-state index contributed by atoms with van der Waals surface area (Å²) in [6.45, 7) is 4.82. The van der Waals surface area contributed by atoms with Gasteiger partial charge in [-0.3, -0.25) is 14.9 Å². The van der Waals surface area contributed by atoms with E-state index < -0.39 is 22.4 Å². The van der Waals surface area contributed by atoms with Crippen LogP contribution in [0.25, 0.3) is 0 Å². The van der Waals surface area contributed by atoms with Gasteiger partial charge in [0.2, 0.25) is 0 Å². The maximum atomic E-state index is 12.9. The van der Waals surface area contributed by atoms with Gasteiger partial charge in [0.15, 0.2) is 6.61 Å². The number of hydrogen-bond donors (Lipinski definition) is 0. The summed E-state index contributed by atoms with van der Waals surface area (Å²) in [6, 6.07) is 8.07. The maximum absolute atomic E-state index is 12.9. The second kappa shape index (κ2) is 8.83. The minimum absolute atomic E-state index is 0.108. The molecule has 0 spiro atoms. The number of ether oxygens (including phenoxy) is 1. The van der Waals surface area contributed by atoms with Crippen molar-refractivity contribution < 1.29 is 27.6 Å². The van der Waals surface area contributed by atoms with Crippen molar-refractivity contribution in [3.63, 3.8) is 0 Å². The third kappa shape index (κ3) is 5.07. The van der Waals surface area contributed by atoms with Crippen LogP contribution in [0.1, 0.15) is 16.7 Å². The number of benzene rings is 2. The summed E-state index contributed by atoms with van der Waals surface area (Å²) in [5.41, 5.74) is 0.441. The molecule has 1 fully saturated rings. The van der Waals surface area contributed by atoms with Crippen LogP contribution >= 0.6 is 0 Å². The van der Waals surface area contributed by atoms with Crippen LogP contribution in [0.2, 0.25) is 0 Å². The molecule has 10 heteroatoms. The fourth-order valence-corrected chi connectivity index (χ4v) is 3.42. The lowest BCUT2D eigenvalue weighted by Crippen LogP contribution is -2.50. The molecule has 2 aromatic rings. The molecule has 1 amide bonds. The Morgan fingerprint density at radius 2 is 1.81 bits per heavy atom. The monoisotopic (exact) mass is 437 g/mol. The van der Waals surface area contributed by atoms with Crippen LogP contribution in [0.4, 0.5) is 24.5 Å². The molecule has 166 valence electrons. The van der Waals surface area contributed by atoms with E-state index in [1.807, 2.05) is 26.0 Å². The molecule has 0 aliphatic carbocycles. The molecule has 0 radical (unpaired) electrons. The highest BCUT2D eigenvalue weighted by Crippen LogP contribution is 2.36. The molecule has 1 saturated heterocycles. The van der Waals surface area contributed by atoms with E-state index in [2.05, 4.69) is 0 Å². The molecule has 7 nitrogen and oxygen atoms in total. The Balaban J connectivity index is 1.63. The van der Waals surface area contributed by atoms with Gasteiger partial charge in [-0.15, -0.1) is 0 Å². The van der Waals surface area contributed by atoms with Gasteiger partial charge in [-0.25, -0.2) is 0 Å². The first-order valence-electron chi connectivity index (χ1n) is 9.65. The molecule has 1 aliphatic heterocycles. The van der Waals surface area contributed by atoms with E-state index in [0.29, 0.717) is 11.8 Å². The van der Waals surface area contributed by atoms with Gasteiger partial charge in [-0.05, 0) is 43.2 Å². The van der Waals surface area contributed by atoms with Gasteiger partial charge in [0, 0.05) is 32.2 Å². The summed E-state index contributed by atoms with van der Waals surface area (Å²) in [5.74, 6) is 0.412. The van der Waals surface area contributed by atoms with Gasteiger partial charge in [-0.1, -0.05) is 12.1 Å². The van der Waals surface area contributed by atoms with E-state index in [1.54, 1.807) is 15.9 Å². The number of nitro groups is 1. The number of aryl methyl sites for hydroxylation is 1. The molecule has 3 rings (SSSR count). The number of carbonyl (C=O) groups is 1. The maximum Gasteiger partial charge on any atom is 0.416 e. The number of nitro benzene ring substituents is 1. The molecule has 0 saturated carbocycles. The lowest BCUT2D eigenvalue weighted by Gasteiger charge is -2.35. The van der Waals surface area contributed by atoms with E-state index in [9.17, 15) is 28.1 Å². The zero-order valence-corrected chi connectivity index (χ0v) is 17.1. The molecule has 31 heavy (non-hydrogen) atoms. The Labute approximate surface area is 177 Å². The van der Waals surface area contributed by atoms with Gasteiger partial charge < -0.3 is 14.5 Å². The van der Waals surface area contributed by atoms with Crippen LogP contribution in [0.3, 0.4) is 0 Å². The number of alkyl halides is 3. The zero-order chi connectivity index (χ0) is 22.8. The fourth-order valence-electron chi connectivity index (χ4n) is 3.42. The first-order valence-corrected chi connectivity index (χ1v) is 9.65. The SMILES string of the molecule is Cc1cccc(OCC(=O)N2CCN(c3ccc(C(F)(F)F)cc3[N+](=O)[O-])CC2)c1C. The molecular weight excluding hydrogens is 415 g/mol. The van der Waals surface area contributed by atoms with Crippen molar-refractivity contribution in [1.29, 1.82) is 0 Å². The van der Waals surface area contributed by atoms with Gasteiger partial charge >= 0.3 is 6.18 Å². The van der Waals surface area contributed by atoms with Crippen molar-refractivity contribution in [2.45, 2.75) is 20.0 Å². The zero-order valence-electron chi connectivity index (χ0n) is 17.1. The van der Waals surface area contributed by atoms with Crippen molar-refractivity contribution in [1.82, 2.24) is 4.90 Å². The van der Waals surface area contributed by atoms with Crippen LogP contribution in [0.5, 0.6) is 5.75 Å². The first-order chi connectivity index (χ1) is 14.6. The highest BCUT2D eigenvalue weighted by Gasteiger charge is 2.34. The van der Waals surface area contributed by atoms with Gasteiger partial charge in [-0.2, -0.15) is 13.2 Å². The number of anilines is 1. The molecule has 0 unspecified atom stereocenters. The van der Waals surface area contributed by atoms with E-state index in [4.69, 9.17) is 4.74 Å². The lowest BCUT2D eigenvalue weighted by atomic mass is 10.1. The number of amides is 1. The average molecular weight is 437 g/mol. The van der Waals surface area contributed by atoms with Crippen molar-refractivity contribution in [2.75, 3.05) is 37.7 Å². The largest absolute Gasteiger partial charge is 0.483 e. The summed E-state index contributed by atoms with van der Waals surface area (Å²) in [4.78, 5) is 26.2. The quantitative estimate of drug-likeness (QED) is 0.523. The number of halogens is 3. The Hall–Kier alpha value is -3.30. The summed E-state index contributed by atoms with van der Waals surface area (Å²) in [5, 5.41) is 11.3. The topological polar surface area (TPSA) is 75.9 Å². The van der Waals surface area contributed by atoms with Crippen LogP contribution in [-0.4, -0.2) is 48.5 Å². The second-order valence-electron chi connectivity index (χ2n) is 7.31. The predicted octanol–water partition coefficient (Wildman–Crippen LogP) is 3.96. The number of hydrogen-bond acceptors (Lipinski definition) is 5. The van der Waals surface area contributed by atoms with Crippen molar-refractivity contribution in [2.24, 2.45) is 0 Å². The van der Waals surface area contributed by atoms with E-state index in [1.165, 1.54) is 0 Å². The molecule has 1 aliphatic rings. The summed E-state index contributed by atoms with van der Waals surface area (Å²) in [6.07, 6.45) is -4.66. The third-order valence-electron chi connectivity index (χ3n) is 5.38. The second-order valence-corrected chi connectivity index (χ2v) is 7.31. The predicted molar refractivity (Wildman–Crippen MR) is 108 cm³/mol. The first kappa shape index (κ1) is 22.4. The van der Waals surface area contributed by atoms with Crippen molar-refractivity contribution >= 4 is 17.3 Å². The number of rotatable bonds is 5. The van der Waals surface area contributed by atoms with Crippen molar-refractivity contribution in [3.05, 3.63) is 63.2 Å². The van der Waals surface area contributed by atoms with E-state index in [-0.39, 0.29) is 44.4 Å². The minimum Gasteiger partial charge on any atom is -0.483 e. The van der Waals surface area contributed by atoms with Crippen LogP contribution in [-0.2, 0) is 11.0 Å². The van der Waals surface area contributed by atoms with Crippen LogP contribution in [0, 0.1) is 24.0 Å². The highest BCUT2D eigenvalue weighted by atomic mass is 19.4. The lowest BCUT2D eigenvalue weighted by molar-refractivity contribution is -0.384. The Morgan fingerprint density at radius 1 is 1.13 bits per heavy atom. The summed E-state index contributed by atoms with van der Waals surface area (Å²) in [7, 11) is 0. The standard InChI is InChI=1S/C21H22F3N3O4/c1-14-4-3-5-19(15(14)2)31-13-20(28)26-10-8-25(9-11-26)17-7-6-16(21(22,23)24)12-18(17)27(29)30/h3-7,12H,8-11,13H2,1-2H3. The van der Waals surface area contributed by atoms with Crippen LogP contribution in [0.15, 0.2) is 36.4 Å².